The van der Waals surface area contributed by atoms with Gasteiger partial charge in [-0.05, 0) is 101 Å². The summed E-state index contributed by atoms with van der Waals surface area (Å²) < 4.78 is 0. The third-order valence-corrected chi connectivity index (χ3v) is 13.4. The number of hydrogen-bond acceptors (Lipinski definition) is 4. The monoisotopic (exact) mass is 711 g/mol. The van der Waals surface area contributed by atoms with Crippen molar-refractivity contribution in [3.63, 3.8) is 0 Å². The van der Waals surface area contributed by atoms with Crippen molar-refractivity contribution in [2.75, 3.05) is 14.7 Å². The van der Waals surface area contributed by atoms with Gasteiger partial charge in [-0.1, -0.05) is 129 Å². The molecule has 0 fully saturated rings. The second-order valence-electron chi connectivity index (χ2n) is 15.4. The zero-order chi connectivity index (χ0) is 36.1. The molecule has 0 spiro atoms. The Balaban J connectivity index is 1.30. The molecule has 5 heteroatoms. The zero-order valence-corrected chi connectivity index (χ0v) is 31.4. The Bertz CT molecular complexity index is 2650. The van der Waals surface area contributed by atoms with Gasteiger partial charge in [0, 0.05) is 66.6 Å². The Morgan fingerprint density at radius 2 is 1.06 bits per heavy atom. The summed E-state index contributed by atoms with van der Waals surface area (Å²) in [5.74, 6) is 0. The Hall–Kier alpha value is -5.91. The molecule has 0 aromatic heterocycles. The fourth-order valence-electron chi connectivity index (χ4n) is 9.53. The van der Waals surface area contributed by atoms with Gasteiger partial charge >= 0.3 is 0 Å². The Labute approximate surface area is 322 Å². The first-order valence-electron chi connectivity index (χ1n) is 19.0. The van der Waals surface area contributed by atoms with Crippen molar-refractivity contribution in [2.24, 2.45) is 0 Å². The largest absolute Gasteiger partial charge is 0.337 e. The van der Waals surface area contributed by atoms with Crippen LogP contribution in [0, 0.1) is 0 Å². The van der Waals surface area contributed by atoms with E-state index in [1.807, 2.05) is 11.8 Å². The van der Waals surface area contributed by atoms with E-state index in [-0.39, 0.29) is 18.2 Å². The maximum Gasteiger partial charge on any atom is 0.253 e. The number of benzene rings is 7. The van der Waals surface area contributed by atoms with Crippen LogP contribution >= 0.6 is 11.8 Å². The van der Waals surface area contributed by atoms with Crippen molar-refractivity contribution in [3.05, 3.63) is 187 Å². The fourth-order valence-corrected chi connectivity index (χ4v) is 10.6. The lowest BCUT2D eigenvalue weighted by Gasteiger charge is -2.45. The first kappa shape index (κ1) is 31.6. The molecule has 0 aliphatic carbocycles. The lowest BCUT2D eigenvalue weighted by molar-refractivity contribution is 0.462. The van der Waals surface area contributed by atoms with Crippen molar-refractivity contribution in [3.8, 4) is 0 Å². The summed E-state index contributed by atoms with van der Waals surface area (Å²) >= 11 is 1.89. The zero-order valence-electron chi connectivity index (χ0n) is 30.6. The van der Waals surface area contributed by atoms with E-state index in [2.05, 4.69) is 205 Å². The van der Waals surface area contributed by atoms with Crippen molar-refractivity contribution in [1.82, 2.24) is 0 Å². The Morgan fingerprint density at radius 1 is 0.519 bits per heavy atom. The quantitative estimate of drug-likeness (QED) is 0.169. The summed E-state index contributed by atoms with van der Waals surface area (Å²) in [7, 11) is 0. The van der Waals surface area contributed by atoms with Crippen LogP contribution in [0.3, 0.4) is 0 Å². The van der Waals surface area contributed by atoms with Gasteiger partial charge in [0.1, 0.15) is 0 Å². The second-order valence-corrected chi connectivity index (χ2v) is 16.5. The smallest absolute Gasteiger partial charge is 0.253 e. The summed E-state index contributed by atoms with van der Waals surface area (Å²) in [6.45, 7) is 7.25. The molecule has 1 atom stereocenters. The highest BCUT2D eigenvalue weighted by molar-refractivity contribution is 7.99. The summed E-state index contributed by atoms with van der Waals surface area (Å²) in [4.78, 5) is 10.2. The highest BCUT2D eigenvalue weighted by Crippen LogP contribution is 2.56. The summed E-state index contributed by atoms with van der Waals surface area (Å²) in [6.07, 6.45) is 0. The molecule has 3 nitrogen and oxygen atoms in total. The van der Waals surface area contributed by atoms with Crippen LogP contribution in [0.15, 0.2) is 180 Å². The van der Waals surface area contributed by atoms with E-state index in [1.54, 1.807) is 0 Å². The molecule has 0 saturated heterocycles. The van der Waals surface area contributed by atoms with Crippen molar-refractivity contribution >= 4 is 80.4 Å². The summed E-state index contributed by atoms with van der Waals surface area (Å²) in [6, 6.07) is 63.3. The van der Waals surface area contributed by atoms with Crippen LogP contribution in [-0.4, -0.2) is 12.8 Å². The van der Waals surface area contributed by atoms with Crippen LogP contribution in [0.25, 0.3) is 11.2 Å². The first-order valence-corrected chi connectivity index (χ1v) is 19.8. The predicted molar refractivity (Wildman–Crippen MR) is 230 cm³/mol. The predicted octanol–water partition coefficient (Wildman–Crippen LogP) is 11.6. The van der Waals surface area contributed by atoms with Gasteiger partial charge in [-0.15, -0.1) is 0 Å². The normalized spacial score (nSPS) is 17.2. The van der Waals surface area contributed by atoms with Gasteiger partial charge < -0.3 is 14.7 Å². The van der Waals surface area contributed by atoms with E-state index >= 15 is 0 Å². The topological polar surface area (TPSA) is 9.72 Å². The lowest BCUT2D eigenvalue weighted by Crippen LogP contribution is -2.55. The molecule has 0 amide bonds. The number of rotatable bonds is 3. The lowest BCUT2D eigenvalue weighted by atomic mass is 9.31. The van der Waals surface area contributed by atoms with Crippen LogP contribution in [0.1, 0.15) is 37.5 Å². The molecule has 1 unspecified atom stereocenters. The number of nitrogens with zero attached hydrogens (tertiary/aromatic N) is 3. The third-order valence-electron chi connectivity index (χ3n) is 12.3. The number of anilines is 7. The molecule has 0 bridgehead atoms. The van der Waals surface area contributed by atoms with Crippen LogP contribution in [-0.2, 0) is 5.41 Å². The summed E-state index contributed by atoms with van der Waals surface area (Å²) in [5.41, 5.74) is 17.7. The maximum atomic E-state index is 2.60. The highest BCUT2D eigenvalue weighted by atomic mass is 32.2. The minimum atomic E-state index is -0.0939. The average molecular weight is 712 g/mol. The fraction of sp³-hybridized carbons (Fsp3) is 0.102. The molecule has 11 rings (SSSR count). The average Bonchev–Trinajstić information content (AvgIpc) is 3.31. The third kappa shape index (κ3) is 4.39. The van der Waals surface area contributed by atoms with Crippen LogP contribution < -0.4 is 25.6 Å². The van der Waals surface area contributed by atoms with Gasteiger partial charge in [-0.3, -0.25) is 0 Å². The standard InChI is InChI=1S/C49H38BN3S/c1-32-49(2,3)38-30-39-43(31-42(38)51(32)33-18-7-4-8-19-33)52(34-20-9-5-10-21-34)40-26-17-27-41-47(40)50(39)46-36-24-13-15-28-44(36)54-45-29-16-14-25-37(45)48(46)53(41)35-22-11-6-12-23-35/h4-32H,1-3H3. The molecule has 0 radical (unpaired) electrons. The molecule has 7 aromatic rings. The number of para-hydroxylation sites is 3. The van der Waals surface area contributed by atoms with Crippen molar-refractivity contribution < 1.29 is 0 Å². The molecule has 4 aliphatic heterocycles. The first-order chi connectivity index (χ1) is 26.5. The van der Waals surface area contributed by atoms with Gasteiger partial charge in [-0.25, -0.2) is 0 Å². The molecule has 0 N–H and O–H groups in total. The van der Waals surface area contributed by atoms with Gasteiger partial charge in [0.25, 0.3) is 6.71 Å². The van der Waals surface area contributed by atoms with Crippen molar-refractivity contribution in [1.29, 1.82) is 0 Å². The summed E-state index contributed by atoms with van der Waals surface area (Å²) in [5, 5.41) is 0. The van der Waals surface area contributed by atoms with E-state index in [9.17, 15) is 0 Å². The molecule has 54 heavy (non-hydrogen) atoms. The van der Waals surface area contributed by atoms with Crippen LogP contribution in [0.4, 0.5) is 39.8 Å². The number of hydrogen-bond donors (Lipinski definition) is 0. The minimum absolute atomic E-state index is 0.00351. The molecular formula is C49H38BN3S. The van der Waals surface area contributed by atoms with E-state index < -0.39 is 0 Å². The Kier molecular flexibility index (Phi) is 6.91. The van der Waals surface area contributed by atoms with E-state index in [0.717, 1.165) is 11.4 Å². The molecule has 4 heterocycles. The maximum absolute atomic E-state index is 2.60. The van der Waals surface area contributed by atoms with Gasteiger partial charge in [0.05, 0.1) is 5.70 Å². The molecule has 4 aliphatic rings. The number of fused-ring (bicyclic) bond motifs is 8. The SMILES string of the molecule is CC1N(c2ccccc2)c2cc3c(cc2C1(C)C)B1C2=C(c4ccccc4Sc4ccccc42)N(c2ccccc2)c2cccc(c21)N3c1ccccc1. The molecular weight excluding hydrogens is 673 g/mol. The van der Waals surface area contributed by atoms with Crippen LogP contribution in [0.2, 0.25) is 0 Å². The second kappa shape index (κ2) is 11.8. The van der Waals surface area contributed by atoms with Gasteiger partial charge in [0.15, 0.2) is 0 Å². The molecule has 7 aromatic carbocycles. The van der Waals surface area contributed by atoms with E-state index in [1.165, 1.54) is 77.0 Å². The highest BCUT2D eigenvalue weighted by Gasteiger charge is 2.50. The van der Waals surface area contributed by atoms with Gasteiger partial charge in [-0.2, -0.15) is 0 Å². The van der Waals surface area contributed by atoms with Gasteiger partial charge in [0.2, 0.25) is 0 Å². The Morgan fingerprint density at radius 3 is 1.72 bits per heavy atom. The van der Waals surface area contributed by atoms with Crippen molar-refractivity contribution in [2.45, 2.75) is 42.0 Å². The van der Waals surface area contributed by atoms with E-state index in [0.29, 0.717) is 0 Å². The minimum Gasteiger partial charge on any atom is -0.337 e. The molecule has 258 valence electrons. The van der Waals surface area contributed by atoms with E-state index in [4.69, 9.17) is 0 Å². The van der Waals surface area contributed by atoms with Crippen LogP contribution in [0.5, 0.6) is 0 Å². The molecule has 0 saturated carbocycles.